The van der Waals surface area contributed by atoms with Gasteiger partial charge in [-0.1, -0.05) is 17.7 Å². The number of anilines is 1. The maximum atomic E-state index is 13.1. The van der Waals surface area contributed by atoms with E-state index in [-0.39, 0.29) is 16.4 Å². The van der Waals surface area contributed by atoms with Crippen molar-refractivity contribution >= 4 is 52.5 Å². The third-order valence-corrected chi connectivity index (χ3v) is 4.90. The van der Waals surface area contributed by atoms with Crippen LogP contribution in [-0.2, 0) is 9.59 Å². The fraction of sp³-hybridized carbons (Fsp3) is 0.150. The summed E-state index contributed by atoms with van der Waals surface area (Å²) in [4.78, 5) is 28.6. The summed E-state index contributed by atoms with van der Waals surface area (Å²) in [5.41, 5.74) is 0.929. The summed E-state index contributed by atoms with van der Waals surface area (Å²) in [7, 11) is 1.44. The number of carbonyl (C=O) groups excluding carboxylic acids is 2. The molecular weight excluding hydrogens is 400 g/mol. The molecular formula is C20H17ClN2O4S. The fourth-order valence-corrected chi connectivity index (χ4v) is 3.36. The first-order valence-electron chi connectivity index (χ1n) is 8.42. The van der Waals surface area contributed by atoms with Gasteiger partial charge in [-0.25, -0.2) is 0 Å². The molecule has 0 atom stereocenters. The van der Waals surface area contributed by atoms with Crippen molar-refractivity contribution in [1.29, 1.82) is 0 Å². The zero-order valence-corrected chi connectivity index (χ0v) is 16.8. The molecule has 1 N–H and O–H groups in total. The molecule has 0 saturated carbocycles. The highest BCUT2D eigenvalue weighted by Crippen LogP contribution is 2.30. The van der Waals surface area contributed by atoms with E-state index in [1.54, 1.807) is 43.3 Å². The van der Waals surface area contributed by atoms with Crippen LogP contribution in [0.1, 0.15) is 12.5 Å². The number of thiocarbonyl (C=S) groups is 1. The minimum absolute atomic E-state index is 0.0602. The minimum atomic E-state index is -0.544. The van der Waals surface area contributed by atoms with Crippen LogP contribution in [-0.4, -0.2) is 40.6 Å². The standard InChI is InChI=1S/C20H17ClN2O4S/c1-3-22-18(25)15(10-12-4-9-17(27-2)16(24)11-12)19(26)23(20(22)28)14-7-5-13(21)6-8-14/h4-11,24H,3H2,1-2H3. The molecule has 144 valence electrons. The smallest absolute Gasteiger partial charge is 0.270 e. The van der Waals surface area contributed by atoms with Gasteiger partial charge in [-0.15, -0.1) is 0 Å². The molecule has 1 aliphatic heterocycles. The Morgan fingerprint density at radius 2 is 1.82 bits per heavy atom. The van der Waals surface area contributed by atoms with Crippen LogP contribution in [0.5, 0.6) is 11.5 Å². The Balaban J connectivity index is 2.07. The van der Waals surface area contributed by atoms with E-state index in [0.717, 1.165) is 0 Å². The van der Waals surface area contributed by atoms with Crippen molar-refractivity contribution in [1.82, 2.24) is 4.90 Å². The Hall–Kier alpha value is -2.90. The Kier molecular flexibility index (Phi) is 5.67. The molecule has 1 heterocycles. The van der Waals surface area contributed by atoms with Gasteiger partial charge in [-0.2, -0.15) is 0 Å². The molecule has 0 aromatic heterocycles. The number of ether oxygens (including phenoxy) is 1. The van der Waals surface area contributed by atoms with E-state index < -0.39 is 11.8 Å². The second-order valence-electron chi connectivity index (χ2n) is 5.94. The topological polar surface area (TPSA) is 70.1 Å². The average Bonchev–Trinajstić information content (AvgIpc) is 2.67. The number of hydrogen-bond acceptors (Lipinski definition) is 5. The van der Waals surface area contributed by atoms with E-state index in [0.29, 0.717) is 28.6 Å². The molecule has 8 heteroatoms. The number of halogens is 1. The summed E-state index contributed by atoms with van der Waals surface area (Å²) < 4.78 is 5.02. The zero-order chi connectivity index (χ0) is 20.4. The Bertz CT molecular complexity index is 988. The lowest BCUT2D eigenvalue weighted by molar-refractivity contribution is -0.127. The first-order valence-corrected chi connectivity index (χ1v) is 9.20. The van der Waals surface area contributed by atoms with Crippen LogP contribution >= 0.6 is 23.8 Å². The number of nitrogens with zero attached hydrogens (tertiary/aromatic N) is 2. The van der Waals surface area contributed by atoms with Gasteiger partial charge < -0.3 is 9.84 Å². The lowest BCUT2D eigenvalue weighted by atomic mass is 10.1. The molecule has 2 aromatic rings. The van der Waals surface area contributed by atoms with Gasteiger partial charge in [0.05, 0.1) is 12.8 Å². The van der Waals surface area contributed by atoms with Crippen LogP contribution in [0, 0.1) is 0 Å². The van der Waals surface area contributed by atoms with Gasteiger partial charge in [0.1, 0.15) is 5.57 Å². The van der Waals surface area contributed by atoms with Crippen molar-refractivity contribution in [2.24, 2.45) is 0 Å². The van der Waals surface area contributed by atoms with Gasteiger partial charge in [0, 0.05) is 11.6 Å². The van der Waals surface area contributed by atoms with Gasteiger partial charge in [-0.05, 0) is 67.2 Å². The third kappa shape index (κ3) is 3.58. The zero-order valence-electron chi connectivity index (χ0n) is 15.2. The summed E-state index contributed by atoms with van der Waals surface area (Å²) in [5, 5.41) is 10.6. The highest BCUT2D eigenvalue weighted by Gasteiger charge is 2.39. The molecule has 2 aromatic carbocycles. The number of amides is 2. The number of hydrogen-bond donors (Lipinski definition) is 1. The van der Waals surface area contributed by atoms with Gasteiger partial charge in [0.15, 0.2) is 16.6 Å². The van der Waals surface area contributed by atoms with Crippen LogP contribution in [0.2, 0.25) is 5.02 Å². The monoisotopic (exact) mass is 416 g/mol. The maximum absolute atomic E-state index is 13.1. The fourth-order valence-electron chi connectivity index (χ4n) is 2.84. The Morgan fingerprint density at radius 1 is 1.14 bits per heavy atom. The van der Waals surface area contributed by atoms with Crippen molar-refractivity contribution in [3.8, 4) is 11.5 Å². The number of phenolic OH excluding ortho intramolecular Hbond substituents is 1. The van der Waals surface area contributed by atoms with Crippen LogP contribution in [0.25, 0.3) is 6.08 Å². The van der Waals surface area contributed by atoms with Crippen LogP contribution in [0.4, 0.5) is 5.69 Å². The molecule has 1 aliphatic rings. The van der Waals surface area contributed by atoms with E-state index in [9.17, 15) is 14.7 Å². The summed E-state index contributed by atoms with van der Waals surface area (Å²) in [6.07, 6.45) is 1.43. The van der Waals surface area contributed by atoms with Crippen molar-refractivity contribution in [3.63, 3.8) is 0 Å². The Morgan fingerprint density at radius 3 is 2.39 bits per heavy atom. The van der Waals surface area contributed by atoms with Gasteiger partial charge in [0.25, 0.3) is 11.8 Å². The lowest BCUT2D eigenvalue weighted by Crippen LogP contribution is -2.56. The molecule has 0 unspecified atom stereocenters. The summed E-state index contributed by atoms with van der Waals surface area (Å²) in [5.74, 6) is -0.831. The maximum Gasteiger partial charge on any atom is 0.270 e. The molecule has 1 fully saturated rings. The minimum Gasteiger partial charge on any atom is -0.504 e. The summed E-state index contributed by atoms with van der Waals surface area (Å²) >= 11 is 11.3. The number of carbonyl (C=O) groups is 2. The average molecular weight is 417 g/mol. The van der Waals surface area contributed by atoms with E-state index in [1.807, 2.05) is 0 Å². The predicted molar refractivity (Wildman–Crippen MR) is 112 cm³/mol. The SMILES string of the molecule is CCN1C(=O)C(=Cc2ccc(OC)c(O)c2)C(=O)N(c2ccc(Cl)cc2)C1=S. The number of likely N-dealkylation sites (N-methyl/N-ethyl adjacent to an activating group) is 1. The largest absolute Gasteiger partial charge is 0.504 e. The number of benzene rings is 2. The van der Waals surface area contributed by atoms with Crippen molar-refractivity contribution < 1.29 is 19.4 Å². The lowest BCUT2D eigenvalue weighted by Gasteiger charge is -2.36. The second-order valence-corrected chi connectivity index (χ2v) is 6.74. The highest BCUT2D eigenvalue weighted by molar-refractivity contribution is 7.80. The van der Waals surface area contributed by atoms with E-state index >= 15 is 0 Å². The molecule has 0 aliphatic carbocycles. The second kappa shape index (κ2) is 8.00. The van der Waals surface area contributed by atoms with Gasteiger partial charge in [0.2, 0.25) is 0 Å². The van der Waals surface area contributed by atoms with E-state index in [4.69, 9.17) is 28.6 Å². The quantitative estimate of drug-likeness (QED) is 0.468. The molecule has 0 spiro atoms. The van der Waals surface area contributed by atoms with Gasteiger partial charge >= 0.3 is 0 Å². The van der Waals surface area contributed by atoms with Crippen molar-refractivity contribution in [2.75, 3.05) is 18.6 Å². The first kappa shape index (κ1) is 19.9. The van der Waals surface area contributed by atoms with Crippen LogP contribution in [0.3, 0.4) is 0 Å². The summed E-state index contributed by atoms with van der Waals surface area (Å²) in [6, 6.07) is 11.2. The molecule has 0 bridgehead atoms. The number of phenols is 1. The normalized spacial score (nSPS) is 16.1. The third-order valence-electron chi connectivity index (χ3n) is 4.25. The summed E-state index contributed by atoms with van der Waals surface area (Å²) in [6.45, 7) is 2.08. The van der Waals surface area contributed by atoms with Crippen molar-refractivity contribution in [3.05, 3.63) is 58.6 Å². The number of aromatic hydroxyl groups is 1. The number of methoxy groups -OCH3 is 1. The van der Waals surface area contributed by atoms with E-state index in [2.05, 4.69) is 0 Å². The highest BCUT2D eigenvalue weighted by atomic mass is 35.5. The molecule has 2 amide bonds. The van der Waals surface area contributed by atoms with Gasteiger partial charge in [-0.3, -0.25) is 19.4 Å². The molecule has 28 heavy (non-hydrogen) atoms. The van der Waals surface area contributed by atoms with Crippen LogP contribution < -0.4 is 9.64 Å². The first-order chi connectivity index (χ1) is 13.4. The molecule has 3 rings (SSSR count). The Labute approximate surface area is 172 Å². The van der Waals surface area contributed by atoms with Crippen LogP contribution in [0.15, 0.2) is 48.0 Å². The molecule has 1 saturated heterocycles. The van der Waals surface area contributed by atoms with E-state index in [1.165, 1.54) is 29.1 Å². The molecule has 6 nitrogen and oxygen atoms in total. The van der Waals surface area contributed by atoms with Crippen molar-refractivity contribution in [2.45, 2.75) is 6.92 Å². The molecule has 0 radical (unpaired) electrons. The number of rotatable bonds is 4. The predicted octanol–water partition coefficient (Wildman–Crippen LogP) is 3.62.